The number of hydrogen-bond acceptors (Lipinski definition) is 2. The molecule has 1 N–H and O–H groups in total. The molecule has 2 aromatic rings. The molecule has 1 aromatic carbocycles. The molecule has 0 spiro atoms. The Morgan fingerprint density at radius 1 is 1.17 bits per heavy atom. The summed E-state index contributed by atoms with van der Waals surface area (Å²) < 4.78 is 5.44. The van der Waals surface area contributed by atoms with Gasteiger partial charge >= 0.3 is 0 Å². The highest BCUT2D eigenvalue weighted by Gasteiger charge is 2.20. The molecule has 0 radical (unpaired) electrons. The van der Waals surface area contributed by atoms with Gasteiger partial charge in [-0.25, -0.2) is 0 Å². The fourth-order valence-corrected chi connectivity index (χ4v) is 2.81. The minimum Gasteiger partial charge on any atom is -0.468 e. The maximum absolute atomic E-state index is 5.44. The molecule has 0 fully saturated rings. The molecule has 0 saturated heterocycles. The van der Waals surface area contributed by atoms with Crippen molar-refractivity contribution < 1.29 is 4.42 Å². The minimum absolute atomic E-state index is 0.287. The van der Waals surface area contributed by atoms with E-state index in [1.807, 2.05) is 12.1 Å². The lowest BCUT2D eigenvalue weighted by molar-refractivity contribution is 0.366. The molecular weight excluding hydrogens is 222 g/mol. The largest absolute Gasteiger partial charge is 0.468 e. The van der Waals surface area contributed by atoms with Crippen LogP contribution in [-0.2, 0) is 12.8 Å². The van der Waals surface area contributed by atoms with Gasteiger partial charge in [0, 0.05) is 6.04 Å². The van der Waals surface area contributed by atoms with Crippen molar-refractivity contribution in [1.82, 2.24) is 5.32 Å². The lowest BCUT2D eigenvalue weighted by Gasteiger charge is -2.27. The predicted molar refractivity (Wildman–Crippen MR) is 72.5 cm³/mol. The number of fused-ring (bicyclic) bond motifs is 1. The Hall–Kier alpha value is -1.54. The molecule has 1 aliphatic rings. The average molecular weight is 241 g/mol. The standard InChI is InChI=1S/C16H19NO/c1-12(16-7-4-10-18-16)17-15-9-8-13-5-2-3-6-14(13)11-15/h2-7,10,12,15,17H,8-9,11H2,1H3/t12-,15?/m0/s1. The van der Waals surface area contributed by atoms with Crippen LogP contribution in [0.3, 0.4) is 0 Å². The molecule has 94 valence electrons. The molecule has 1 aromatic heterocycles. The zero-order valence-corrected chi connectivity index (χ0v) is 10.7. The monoisotopic (exact) mass is 241 g/mol. The van der Waals surface area contributed by atoms with Gasteiger partial charge in [0.05, 0.1) is 12.3 Å². The van der Waals surface area contributed by atoms with Crippen LogP contribution in [0.2, 0.25) is 0 Å². The van der Waals surface area contributed by atoms with Crippen molar-refractivity contribution in [1.29, 1.82) is 0 Å². The van der Waals surface area contributed by atoms with Crippen LogP contribution >= 0.6 is 0 Å². The minimum atomic E-state index is 0.287. The van der Waals surface area contributed by atoms with E-state index in [1.54, 1.807) is 6.26 Å². The first-order valence-corrected chi connectivity index (χ1v) is 6.69. The predicted octanol–water partition coefficient (Wildman–Crippen LogP) is 3.49. The molecule has 0 bridgehead atoms. The number of hydrogen-bond donors (Lipinski definition) is 1. The second-order valence-corrected chi connectivity index (χ2v) is 5.11. The lowest BCUT2D eigenvalue weighted by Crippen LogP contribution is -2.36. The van der Waals surface area contributed by atoms with Gasteiger partial charge in [-0.15, -0.1) is 0 Å². The first-order chi connectivity index (χ1) is 8.83. The van der Waals surface area contributed by atoms with E-state index >= 15 is 0 Å². The molecule has 1 unspecified atom stereocenters. The van der Waals surface area contributed by atoms with Crippen molar-refractivity contribution in [2.75, 3.05) is 0 Å². The maximum Gasteiger partial charge on any atom is 0.120 e. The van der Waals surface area contributed by atoms with Gasteiger partial charge in [-0.2, -0.15) is 0 Å². The van der Waals surface area contributed by atoms with Gasteiger partial charge in [0.2, 0.25) is 0 Å². The Morgan fingerprint density at radius 3 is 2.78 bits per heavy atom. The third-order valence-corrected chi connectivity index (χ3v) is 3.80. The van der Waals surface area contributed by atoms with Gasteiger partial charge in [0.25, 0.3) is 0 Å². The average Bonchev–Trinajstić information content (AvgIpc) is 2.92. The number of rotatable bonds is 3. The highest BCUT2D eigenvalue weighted by molar-refractivity contribution is 5.30. The van der Waals surface area contributed by atoms with E-state index in [1.165, 1.54) is 24.0 Å². The van der Waals surface area contributed by atoms with Gasteiger partial charge in [-0.3, -0.25) is 0 Å². The van der Waals surface area contributed by atoms with E-state index in [0.29, 0.717) is 6.04 Å². The van der Waals surface area contributed by atoms with Crippen LogP contribution in [0.5, 0.6) is 0 Å². The number of aryl methyl sites for hydroxylation is 1. The summed E-state index contributed by atoms with van der Waals surface area (Å²) in [6.07, 6.45) is 5.26. The molecule has 3 rings (SSSR count). The number of benzene rings is 1. The van der Waals surface area contributed by atoms with Crippen LogP contribution in [0.4, 0.5) is 0 Å². The maximum atomic E-state index is 5.44. The fraction of sp³-hybridized carbons (Fsp3) is 0.375. The first-order valence-electron chi connectivity index (χ1n) is 6.69. The van der Waals surface area contributed by atoms with Crippen LogP contribution in [0.25, 0.3) is 0 Å². The van der Waals surface area contributed by atoms with Crippen molar-refractivity contribution in [3.63, 3.8) is 0 Å². The van der Waals surface area contributed by atoms with Gasteiger partial charge in [0.15, 0.2) is 0 Å². The quantitative estimate of drug-likeness (QED) is 0.890. The fourth-order valence-electron chi connectivity index (χ4n) is 2.81. The molecule has 0 saturated carbocycles. The highest BCUT2D eigenvalue weighted by atomic mass is 16.3. The Balaban J connectivity index is 1.66. The normalized spacial score (nSPS) is 20.4. The van der Waals surface area contributed by atoms with Crippen LogP contribution in [-0.4, -0.2) is 6.04 Å². The lowest BCUT2D eigenvalue weighted by atomic mass is 9.88. The summed E-state index contributed by atoms with van der Waals surface area (Å²) in [4.78, 5) is 0. The van der Waals surface area contributed by atoms with Gasteiger partial charge in [-0.05, 0) is 49.4 Å². The smallest absolute Gasteiger partial charge is 0.120 e. The van der Waals surface area contributed by atoms with E-state index in [-0.39, 0.29) is 6.04 Å². The second-order valence-electron chi connectivity index (χ2n) is 5.11. The molecule has 2 nitrogen and oxygen atoms in total. The summed E-state index contributed by atoms with van der Waals surface area (Å²) >= 11 is 0. The molecule has 2 heteroatoms. The molecule has 0 amide bonds. The Morgan fingerprint density at radius 2 is 2.00 bits per heavy atom. The van der Waals surface area contributed by atoms with Gasteiger partial charge < -0.3 is 9.73 Å². The highest BCUT2D eigenvalue weighted by Crippen LogP contribution is 2.23. The van der Waals surface area contributed by atoms with Crippen LogP contribution in [0.1, 0.15) is 36.3 Å². The zero-order chi connectivity index (χ0) is 12.4. The third kappa shape index (κ3) is 2.34. The Bertz CT molecular complexity index is 504. The van der Waals surface area contributed by atoms with Crippen LogP contribution in [0, 0.1) is 0 Å². The summed E-state index contributed by atoms with van der Waals surface area (Å²) in [7, 11) is 0. The van der Waals surface area contributed by atoms with Crippen molar-refractivity contribution in [2.24, 2.45) is 0 Å². The molecule has 2 atom stereocenters. The van der Waals surface area contributed by atoms with E-state index in [0.717, 1.165) is 12.2 Å². The Kier molecular flexibility index (Phi) is 3.20. The van der Waals surface area contributed by atoms with Crippen molar-refractivity contribution in [3.05, 3.63) is 59.5 Å². The van der Waals surface area contributed by atoms with Crippen molar-refractivity contribution >= 4 is 0 Å². The van der Waals surface area contributed by atoms with E-state index in [2.05, 4.69) is 36.5 Å². The van der Waals surface area contributed by atoms with Gasteiger partial charge in [0.1, 0.15) is 5.76 Å². The zero-order valence-electron chi connectivity index (χ0n) is 10.7. The molecule has 1 aliphatic carbocycles. The first kappa shape index (κ1) is 11.5. The SMILES string of the molecule is C[C@H](NC1CCc2ccccc2C1)c1ccco1. The second kappa shape index (κ2) is 4.99. The summed E-state index contributed by atoms with van der Waals surface area (Å²) in [6.45, 7) is 2.17. The van der Waals surface area contributed by atoms with E-state index < -0.39 is 0 Å². The molecule has 0 aliphatic heterocycles. The van der Waals surface area contributed by atoms with Crippen LogP contribution < -0.4 is 5.32 Å². The van der Waals surface area contributed by atoms with Gasteiger partial charge in [-0.1, -0.05) is 24.3 Å². The van der Waals surface area contributed by atoms with E-state index in [9.17, 15) is 0 Å². The summed E-state index contributed by atoms with van der Waals surface area (Å²) in [5.41, 5.74) is 3.01. The third-order valence-electron chi connectivity index (χ3n) is 3.80. The molecule has 18 heavy (non-hydrogen) atoms. The Labute approximate surface area is 108 Å². The summed E-state index contributed by atoms with van der Waals surface area (Å²) in [6, 6.07) is 13.6. The van der Waals surface area contributed by atoms with Crippen molar-refractivity contribution in [3.8, 4) is 0 Å². The summed E-state index contributed by atoms with van der Waals surface area (Å²) in [5, 5.41) is 3.67. The number of furan rings is 1. The topological polar surface area (TPSA) is 25.2 Å². The molecular formula is C16H19NO. The van der Waals surface area contributed by atoms with Crippen molar-refractivity contribution in [2.45, 2.75) is 38.3 Å². The molecule has 1 heterocycles. The number of nitrogens with one attached hydrogen (secondary N) is 1. The summed E-state index contributed by atoms with van der Waals surface area (Å²) in [5.74, 6) is 1.02. The van der Waals surface area contributed by atoms with Crippen LogP contribution in [0.15, 0.2) is 47.1 Å². The van der Waals surface area contributed by atoms with E-state index in [4.69, 9.17) is 4.42 Å².